The molecule has 0 fully saturated rings. The van der Waals surface area contributed by atoms with E-state index in [1.54, 1.807) is 0 Å². The van der Waals surface area contributed by atoms with Gasteiger partial charge in [-0.3, -0.25) is 9.59 Å². The number of carbonyl (C=O) groups is 5. The summed E-state index contributed by atoms with van der Waals surface area (Å²) in [5.41, 5.74) is 1.63. The average molecular weight is 1130 g/mol. The zero-order valence-electron chi connectivity index (χ0n) is 43.0. The van der Waals surface area contributed by atoms with E-state index in [4.69, 9.17) is 18.7 Å². The summed E-state index contributed by atoms with van der Waals surface area (Å²) in [6.45, 7) is 33.1. The molecule has 0 aromatic heterocycles. The van der Waals surface area contributed by atoms with Gasteiger partial charge in [0.05, 0.1) is 0 Å². The van der Waals surface area contributed by atoms with Crippen molar-refractivity contribution >= 4 is 52.9 Å². The summed E-state index contributed by atoms with van der Waals surface area (Å²) >= 11 is -3.97. The maximum absolute atomic E-state index is 12.4. The van der Waals surface area contributed by atoms with Crippen molar-refractivity contribution in [1.29, 1.82) is 0 Å². The van der Waals surface area contributed by atoms with Crippen LogP contribution >= 0.6 is 0 Å². The minimum Gasteiger partial charge on any atom is 0 e. The minimum absolute atomic E-state index is 0. The van der Waals surface area contributed by atoms with Crippen molar-refractivity contribution in [3.05, 3.63) is 0 Å². The van der Waals surface area contributed by atoms with Crippen molar-refractivity contribution in [2.24, 2.45) is 27.1 Å². The maximum Gasteiger partial charge on any atom is 0 e. The third kappa shape index (κ3) is 63.1. The van der Waals surface area contributed by atoms with E-state index in [1.807, 2.05) is 0 Å². The molecule has 10 nitrogen and oxygen atoms in total. The van der Waals surface area contributed by atoms with Crippen LogP contribution in [0.25, 0.3) is 0 Å². The van der Waals surface area contributed by atoms with Crippen molar-refractivity contribution < 1.29 is 62.1 Å². The molecule has 0 aliphatic rings. The first-order valence-corrected chi connectivity index (χ1v) is 27.9. The molecular weight excluding hydrogens is 1030 g/mol. The fourth-order valence-electron chi connectivity index (χ4n) is 5.96. The van der Waals surface area contributed by atoms with Gasteiger partial charge in [-0.25, -0.2) is 0 Å². The van der Waals surface area contributed by atoms with E-state index >= 15 is 0 Å². The molecule has 0 heterocycles. The Morgan fingerprint density at radius 3 is 0.661 bits per heavy atom. The van der Waals surface area contributed by atoms with Gasteiger partial charge in [-0.2, -0.15) is 0 Å². The Hall–Kier alpha value is -1.14. The van der Waals surface area contributed by atoms with Crippen LogP contribution in [-0.2, 0) is 51.9 Å². The van der Waals surface area contributed by atoms with Crippen LogP contribution in [0.1, 0.15) is 264 Å². The number of rotatable bonds is 28. The van der Waals surface area contributed by atoms with Crippen molar-refractivity contribution in [1.82, 2.24) is 0 Å². The van der Waals surface area contributed by atoms with Gasteiger partial charge >= 0.3 is 251 Å². The molecule has 0 aromatic rings. The molecule has 364 valence electrons. The standard InChI is InChI=1S/5C10H20O2.Bi.Zn/c5*1-10(2,3)8-6-4-5-7-9(11)12;;/h5*4-8H2,1-3H3,(H,11,12);;/q;;;;;+3;/p-3. The van der Waals surface area contributed by atoms with Gasteiger partial charge in [0.2, 0.25) is 0 Å². The monoisotopic (exact) mass is 1130 g/mol. The van der Waals surface area contributed by atoms with Crippen molar-refractivity contribution in [2.45, 2.75) is 264 Å². The summed E-state index contributed by atoms with van der Waals surface area (Å²) in [4.78, 5) is 57.5. The van der Waals surface area contributed by atoms with Crippen molar-refractivity contribution in [2.75, 3.05) is 0 Å². The fraction of sp³-hybridized carbons (Fsp3) is 0.900. The second-order valence-corrected chi connectivity index (χ2v) is 26.9. The minimum atomic E-state index is -3.97. The van der Waals surface area contributed by atoms with Crippen LogP contribution in [0.2, 0.25) is 0 Å². The molecule has 0 aliphatic heterocycles. The summed E-state index contributed by atoms with van der Waals surface area (Å²) in [6.07, 6.45) is 21.3. The smallest absolute Gasteiger partial charge is 0 e. The van der Waals surface area contributed by atoms with E-state index in [0.717, 1.165) is 116 Å². The first-order valence-electron chi connectivity index (χ1n) is 23.7. The van der Waals surface area contributed by atoms with E-state index < -0.39 is 52.9 Å². The summed E-state index contributed by atoms with van der Waals surface area (Å²) in [6, 6.07) is 0. The van der Waals surface area contributed by atoms with Crippen LogP contribution in [0.4, 0.5) is 0 Å². The van der Waals surface area contributed by atoms with E-state index in [9.17, 15) is 24.0 Å². The van der Waals surface area contributed by atoms with Crippen LogP contribution in [0.3, 0.4) is 0 Å². The van der Waals surface area contributed by atoms with Crippen LogP contribution < -0.4 is 0 Å². The fourth-order valence-corrected chi connectivity index (χ4v) is 9.40. The van der Waals surface area contributed by atoms with E-state index in [1.165, 1.54) is 12.8 Å². The van der Waals surface area contributed by atoms with E-state index in [2.05, 4.69) is 104 Å². The summed E-state index contributed by atoms with van der Waals surface area (Å²) in [5, 5.41) is 16.7. The van der Waals surface area contributed by atoms with Crippen LogP contribution in [0, 0.1) is 27.1 Å². The van der Waals surface area contributed by atoms with Gasteiger partial charge in [0.15, 0.2) is 0 Å². The topological polar surface area (TPSA) is 153 Å². The van der Waals surface area contributed by atoms with Gasteiger partial charge in [-0.15, -0.1) is 0 Å². The molecule has 0 spiro atoms. The number of aliphatic carboxylic acids is 2. The van der Waals surface area contributed by atoms with Crippen molar-refractivity contribution in [3.8, 4) is 0 Å². The van der Waals surface area contributed by atoms with Gasteiger partial charge in [0, 0.05) is 32.3 Å². The first-order chi connectivity index (χ1) is 27.8. The Kier molecular flexibility index (Phi) is 40.3. The number of hydrogen-bond acceptors (Lipinski definition) is 8. The Morgan fingerprint density at radius 1 is 0.323 bits per heavy atom. The second kappa shape index (κ2) is 37.0. The molecule has 2 N–H and O–H groups in total. The Balaban J connectivity index is -0.000000545. The van der Waals surface area contributed by atoms with Gasteiger partial charge in [0.1, 0.15) is 0 Å². The first kappa shape index (κ1) is 67.4. The molecule has 0 atom stereocenters. The average Bonchev–Trinajstić information content (AvgIpc) is 3.05. The second-order valence-electron chi connectivity index (χ2n) is 23.0. The van der Waals surface area contributed by atoms with Crippen molar-refractivity contribution in [3.63, 3.8) is 0 Å². The molecule has 0 aliphatic carbocycles. The molecule has 12 heteroatoms. The molecule has 0 aromatic carbocycles. The molecule has 0 amide bonds. The number of carboxylic acid groups (broad SMARTS) is 2. The number of unbranched alkanes of at least 4 members (excludes halogenated alkanes) is 10. The largest absolute Gasteiger partial charge is 0 e. The third-order valence-electron chi connectivity index (χ3n) is 9.59. The molecule has 0 rings (SSSR count). The van der Waals surface area contributed by atoms with E-state index in [-0.39, 0.29) is 55.0 Å². The number of carbonyl (C=O) groups excluding carboxylic acids is 3. The Morgan fingerprint density at radius 2 is 0.500 bits per heavy atom. The maximum atomic E-state index is 12.4. The molecule has 0 saturated heterocycles. The van der Waals surface area contributed by atoms with Gasteiger partial charge in [0.25, 0.3) is 0 Å². The molecule has 0 bridgehead atoms. The summed E-state index contributed by atoms with van der Waals surface area (Å²) < 4.78 is 16.4. The molecule has 0 unspecified atom stereocenters. The molecule has 0 radical (unpaired) electrons. The normalized spacial score (nSPS) is 11.9. The predicted octanol–water partition coefficient (Wildman–Crippen LogP) is 14.7. The van der Waals surface area contributed by atoms with Gasteiger partial charge < -0.3 is 10.2 Å². The Bertz CT molecular complexity index is 1050. The quantitative estimate of drug-likeness (QED) is 0.0572. The van der Waals surface area contributed by atoms with Crippen LogP contribution in [0.5, 0.6) is 0 Å². The Labute approximate surface area is 404 Å². The van der Waals surface area contributed by atoms with Crippen LogP contribution in [0.15, 0.2) is 0 Å². The number of hydrogen-bond donors (Lipinski definition) is 2. The zero-order valence-corrected chi connectivity index (χ0v) is 49.4. The SMILES string of the molecule is CC(C)(C)CCCCCC(=O)O.CC(C)(C)CCCCCC(=O)O.CC(C)(C)CCCCCC(=O)[O][Bi]([O]C(=O)CCCCCC(C)(C)C)[O]C(=O)CCCCCC(C)(C)C.[Zn]. The molecule has 0 saturated carbocycles. The van der Waals surface area contributed by atoms with E-state index in [0.29, 0.717) is 23.7 Å². The zero-order chi connectivity index (χ0) is 47.8. The van der Waals surface area contributed by atoms with Gasteiger partial charge in [-0.05, 0) is 36.5 Å². The predicted molar refractivity (Wildman–Crippen MR) is 252 cm³/mol. The number of carboxylic acids is 2. The summed E-state index contributed by atoms with van der Waals surface area (Å²) in [7, 11) is 0. The summed E-state index contributed by atoms with van der Waals surface area (Å²) in [5.74, 6) is -2.63. The molecule has 62 heavy (non-hydrogen) atoms. The molecular formula is C50H97BiO10Zn. The third-order valence-corrected chi connectivity index (χ3v) is 13.7. The van der Waals surface area contributed by atoms with Gasteiger partial charge in [-0.1, -0.05) is 67.2 Å². The van der Waals surface area contributed by atoms with Crippen LogP contribution in [-0.4, -0.2) is 63.1 Å².